The number of benzene rings is 1. The largest absolute Gasteiger partial charge is 0.0654 e. The van der Waals surface area contributed by atoms with Gasteiger partial charge in [0.25, 0.3) is 0 Å². The molecule has 0 nitrogen and oxygen atoms in total. The second-order valence-electron chi connectivity index (χ2n) is 6.96. The summed E-state index contributed by atoms with van der Waals surface area (Å²) in [6.45, 7) is 7.06. The molecule has 0 radical (unpaired) electrons. The first-order valence-corrected chi connectivity index (χ1v) is 9.28. The molecule has 0 heteroatoms. The highest BCUT2D eigenvalue weighted by Crippen LogP contribution is 2.23. The van der Waals surface area contributed by atoms with E-state index in [1.165, 1.54) is 69.8 Å². The molecule has 0 amide bonds. The number of hydrogen-bond donors (Lipinski definition) is 0. The SMILES string of the molecule is CCCCCCCCCCC(Cc1ccccc1)C(C)C. The van der Waals surface area contributed by atoms with E-state index in [4.69, 9.17) is 0 Å². The van der Waals surface area contributed by atoms with Crippen molar-refractivity contribution in [1.82, 2.24) is 0 Å². The Bertz CT molecular complexity index is 325. The zero-order valence-electron chi connectivity index (χ0n) is 14.6. The van der Waals surface area contributed by atoms with Crippen molar-refractivity contribution in [3.05, 3.63) is 35.9 Å². The normalized spacial score (nSPS) is 12.8. The molecule has 0 aromatic heterocycles. The Balaban J connectivity index is 2.14. The van der Waals surface area contributed by atoms with E-state index < -0.39 is 0 Å². The molecule has 0 aliphatic carbocycles. The number of rotatable bonds is 12. The Labute approximate surface area is 133 Å². The van der Waals surface area contributed by atoms with E-state index in [2.05, 4.69) is 51.1 Å². The fourth-order valence-electron chi connectivity index (χ4n) is 3.13. The second kappa shape index (κ2) is 11.8. The van der Waals surface area contributed by atoms with Crippen LogP contribution >= 0.6 is 0 Å². The van der Waals surface area contributed by atoms with Crippen LogP contribution in [0.3, 0.4) is 0 Å². The topological polar surface area (TPSA) is 0 Å². The summed E-state index contributed by atoms with van der Waals surface area (Å²) in [6, 6.07) is 11.0. The lowest BCUT2D eigenvalue weighted by molar-refractivity contribution is 0.342. The van der Waals surface area contributed by atoms with E-state index in [-0.39, 0.29) is 0 Å². The molecule has 0 saturated carbocycles. The summed E-state index contributed by atoms with van der Waals surface area (Å²) >= 11 is 0. The standard InChI is InChI=1S/C21H36/c1-4-5-6-7-8-9-10-14-17-21(19(2)3)18-20-15-12-11-13-16-20/h11-13,15-16,19,21H,4-10,14,17-18H2,1-3H3. The lowest BCUT2D eigenvalue weighted by Crippen LogP contribution is -2.12. The van der Waals surface area contributed by atoms with Gasteiger partial charge in [0.05, 0.1) is 0 Å². The predicted octanol–water partition coefficient (Wildman–Crippen LogP) is 7.03. The fraction of sp³-hybridized carbons (Fsp3) is 0.714. The van der Waals surface area contributed by atoms with Gasteiger partial charge in [-0.15, -0.1) is 0 Å². The van der Waals surface area contributed by atoms with Crippen molar-refractivity contribution in [2.75, 3.05) is 0 Å². The Hall–Kier alpha value is -0.780. The first-order valence-electron chi connectivity index (χ1n) is 9.28. The second-order valence-corrected chi connectivity index (χ2v) is 6.96. The van der Waals surface area contributed by atoms with Gasteiger partial charge < -0.3 is 0 Å². The summed E-state index contributed by atoms with van der Waals surface area (Å²) in [7, 11) is 0. The van der Waals surface area contributed by atoms with E-state index in [0.29, 0.717) is 0 Å². The van der Waals surface area contributed by atoms with Gasteiger partial charge in [-0.2, -0.15) is 0 Å². The molecule has 1 rings (SSSR count). The van der Waals surface area contributed by atoms with Crippen molar-refractivity contribution in [3.63, 3.8) is 0 Å². The molecule has 1 aromatic carbocycles. The minimum atomic E-state index is 0.801. The van der Waals surface area contributed by atoms with E-state index in [0.717, 1.165) is 11.8 Å². The molecule has 0 aliphatic rings. The van der Waals surface area contributed by atoms with Crippen LogP contribution in [0.15, 0.2) is 30.3 Å². The summed E-state index contributed by atoms with van der Waals surface area (Å²) in [6.07, 6.45) is 14.1. The molecule has 0 N–H and O–H groups in total. The molecule has 0 heterocycles. The predicted molar refractivity (Wildman–Crippen MR) is 95.7 cm³/mol. The van der Waals surface area contributed by atoms with E-state index >= 15 is 0 Å². The van der Waals surface area contributed by atoms with Gasteiger partial charge in [-0.1, -0.05) is 102 Å². The Kier molecular flexibility index (Phi) is 10.3. The summed E-state index contributed by atoms with van der Waals surface area (Å²) in [5.74, 6) is 1.65. The average Bonchev–Trinajstić information content (AvgIpc) is 2.49. The number of unbranched alkanes of at least 4 members (excludes halogenated alkanes) is 7. The highest BCUT2D eigenvalue weighted by molar-refractivity contribution is 5.15. The molecular formula is C21H36. The van der Waals surface area contributed by atoms with E-state index in [9.17, 15) is 0 Å². The van der Waals surface area contributed by atoms with Crippen molar-refractivity contribution >= 4 is 0 Å². The maximum absolute atomic E-state index is 2.39. The van der Waals surface area contributed by atoms with Crippen LogP contribution in [0.4, 0.5) is 0 Å². The molecule has 120 valence electrons. The lowest BCUT2D eigenvalue weighted by atomic mass is 9.85. The van der Waals surface area contributed by atoms with Gasteiger partial charge in [-0.25, -0.2) is 0 Å². The van der Waals surface area contributed by atoms with Crippen LogP contribution in [0.2, 0.25) is 0 Å². The quantitative estimate of drug-likeness (QED) is 0.362. The Morgan fingerprint density at radius 1 is 0.762 bits per heavy atom. The van der Waals surface area contributed by atoms with Gasteiger partial charge in [-0.3, -0.25) is 0 Å². The van der Waals surface area contributed by atoms with Gasteiger partial charge >= 0.3 is 0 Å². The van der Waals surface area contributed by atoms with Crippen LogP contribution < -0.4 is 0 Å². The van der Waals surface area contributed by atoms with Gasteiger partial charge in [0.1, 0.15) is 0 Å². The van der Waals surface area contributed by atoms with Crippen LogP contribution in [-0.4, -0.2) is 0 Å². The summed E-state index contributed by atoms with van der Waals surface area (Å²) in [5, 5.41) is 0. The zero-order chi connectivity index (χ0) is 15.3. The first kappa shape index (κ1) is 18.3. The average molecular weight is 289 g/mol. The Morgan fingerprint density at radius 2 is 1.33 bits per heavy atom. The third kappa shape index (κ3) is 8.96. The van der Waals surface area contributed by atoms with Gasteiger partial charge in [0.2, 0.25) is 0 Å². The molecule has 0 fully saturated rings. The van der Waals surface area contributed by atoms with Crippen molar-refractivity contribution < 1.29 is 0 Å². The van der Waals surface area contributed by atoms with Gasteiger partial charge in [0, 0.05) is 0 Å². The summed E-state index contributed by atoms with van der Waals surface area (Å²) < 4.78 is 0. The third-order valence-electron chi connectivity index (χ3n) is 4.71. The van der Waals surface area contributed by atoms with Crippen LogP contribution in [0.5, 0.6) is 0 Å². The highest BCUT2D eigenvalue weighted by atomic mass is 14.2. The Morgan fingerprint density at radius 3 is 1.90 bits per heavy atom. The molecular weight excluding hydrogens is 252 g/mol. The third-order valence-corrected chi connectivity index (χ3v) is 4.71. The summed E-state index contributed by atoms with van der Waals surface area (Å²) in [4.78, 5) is 0. The van der Waals surface area contributed by atoms with Gasteiger partial charge in [0.15, 0.2) is 0 Å². The van der Waals surface area contributed by atoms with Gasteiger partial charge in [-0.05, 0) is 30.2 Å². The van der Waals surface area contributed by atoms with Crippen LogP contribution in [0.25, 0.3) is 0 Å². The van der Waals surface area contributed by atoms with Crippen molar-refractivity contribution in [2.24, 2.45) is 11.8 Å². The molecule has 1 aromatic rings. The van der Waals surface area contributed by atoms with Crippen LogP contribution in [0.1, 0.15) is 84.1 Å². The molecule has 1 unspecified atom stereocenters. The first-order chi connectivity index (χ1) is 10.2. The molecule has 21 heavy (non-hydrogen) atoms. The highest BCUT2D eigenvalue weighted by Gasteiger charge is 2.13. The number of hydrogen-bond acceptors (Lipinski definition) is 0. The lowest BCUT2D eigenvalue weighted by Gasteiger charge is -2.21. The molecule has 0 bridgehead atoms. The monoisotopic (exact) mass is 288 g/mol. The van der Waals surface area contributed by atoms with Crippen molar-refractivity contribution in [2.45, 2.75) is 85.0 Å². The van der Waals surface area contributed by atoms with Crippen molar-refractivity contribution in [1.29, 1.82) is 0 Å². The minimum Gasteiger partial charge on any atom is -0.0654 e. The smallest absolute Gasteiger partial charge is 0.0248 e. The maximum Gasteiger partial charge on any atom is -0.0248 e. The maximum atomic E-state index is 2.39. The molecule has 0 spiro atoms. The molecule has 1 atom stereocenters. The minimum absolute atomic E-state index is 0.801. The molecule has 0 aliphatic heterocycles. The summed E-state index contributed by atoms with van der Waals surface area (Å²) in [5.41, 5.74) is 1.51. The van der Waals surface area contributed by atoms with Crippen LogP contribution in [0, 0.1) is 11.8 Å². The van der Waals surface area contributed by atoms with Crippen molar-refractivity contribution in [3.8, 4) is 0 Å². The van der Waals surface area contributed by atoms with E-state index in [1.807, 2.05) is 0 Å². The fourth-order valence-corrected chi connectivity index (χ4v) is 3.13. The zero-order valence-corrected chi connectivity index (χ0v) is 14.6. The molecule has 0 saturated heterocycles. The van der Waals surface area contributed by atoms with Crippen LogP contribution in [-0.2, 0) is 6.42 Å². The van der Waals surface area contributed by atoms with E-state index in [1.54, 1.807) is 0 Å².